The van der Waals surface area contributed by atoms with E-state index in [-0.39, 0.29) is 0 Å². The number of aromatic nitrogens is 2. The van der Waals surface area contributed by atoms with Crippen LogP contribution in [0.3, 0.4) is 0 Å². The summed E-state index contributed by atoms with van der Waals surface area (Å²) in [7, 11) is 0. The number of rotatable bonds is 0. The zero-order valence-electron chi connectivity index (χ0n) is 8.13. The lowest BCUT2D eigenvalue weighted by atomic mass is 10.2. The second-order valence-electron chi connectivity index (χ2n) is 3.39. The summed E-state index contributed by atoms with van der Waals surface area (Å²) in [6.07, 6.45) is 2.01. The van der Waals surface area contributed by atoms with Gasteiger partial charge in [-0.2, -0.15) is 0 Å². The smallest absolute Gasteiger partial charge is 0.160 e. The quantitative estimate of drug-likeness (QED) is 0.664. The Kier molecular flexibility index (Phi) is 1.55. The van der Waals surface area contributed by atoms with Gasteiger partial charge in [0, 0.05) is 11.9 Å². The van der Waals surface area contributed by atoms with Crippen molar-refractivity contribution in [3.05, 3.63) is 29.2 Å². The molecule has 0 bridgehead atoms. The Morgan fingerprint density at radius 2 is 2.00 bits per heavy atom. The van der Waals surface area contributed by atoms with Gasteiger partial charge in [-0.05, 0) is 32.4 Å². The number of hydrogen-bond acceptors (Lipinski definition) is 2. The SMILES string of the molecule is Cc1ccn2c(C)c(C)nc2c1N. The van der Waals surface area contributed by atoms with E-state index < -0.39 is 0 Å². The molecule has 0 amide bonds. The Hall–Kier alpha value is -1.51. The molecule has 2 aromatic rings. The number of hydrogen-bond donors (Lipinski definition) is 1. The molecule has 3 nitrogen and oxygen atoms in total. The maximum absolute atomic E-state index is 5.92. The van der Waals surface area contributed by atoms with Crippen LogP contribution < -0.4 is 5.73 Å². The molecule has 0 radical (unpaired) electrons. The average molecular weight is 175 g/mol. The number of pyridine rings is 1. The third-order valence-corrected chi connectivity index (χ3v) is 2.53. The average Bonchev–Trinajstić information content (AvgIpc) is 2.38. The Labute approximate surface area is 77.2 Å². The van der Waals surface area contributed by atoms with Gasteiger partial charge < -0.3 is 10.1 Å². The molecule has 2 aromatic heterocycles. The molecular weight excluding hydrogens is 162 g/mol. The molecule has 2 rings (SSSR count). The number of nitrogens with two attached hydrogens (primary N) is 1. The summed E-state index contributed by atoms with van der Waals surface area (Å²) in [4.78, 5) is 4.41. The van der Waals surface area contributed by atoms with Crippen LogP contribution in [0.4, 0.5) is 5.69 Å². The van der Waals surface area contributed by atoms with Gasteiger partial charge >= 0.3 is 0 Å². The lowest BCUT2D eigenvalue weighted by Crippen LogP contribution is -1.96. The van der Waals surface area contributed by atoms with Crippen molar-refractivity contribution in [2.45, 2.75) is 20.8 Å². The van der Waals surface area contributed by atoms with Gasteiger partial charge in [-0.1, -0.05) is 0 Å². The molecule has 13 heavy (non-hydrogen) atoms. The molecule has 0 atom stereocenters. The molecule has 0 aliphatic heterocycles. The zero-order chi connectivity index (χ0) is 9.59. The second kappa shape index (κ2) is 2.49. The van der Waals surface area contributed by atoms with Gasteiger partial charge in [0.05, 0.1) is 11.4 Å². The Morgan fingerprint density at radius 1 is 1.31 bits per heavy atom. The summed E-state index contributed by atoms with van der Waals surface area (Å²) >= 11 is 0. The van der Waals surface area contributed by atoms with Crippen molar-refractivity contribution < 1.29 is 0 Å². The fourth-order valence-electron chi connectivity index (χ4n) is 1.45. The molecule has 3 heteroatoms. The van der Waals surface area contributed by atoms with E-state index in [1.54, 1.807) is 0 Å². The first-order valence-electron chi connectivity index (χ1n) is 4.31. The standard InChI is InChI=1S/C10H13N3/c1-6-4-5-13-8(3)7(2)12-10(13)9(6)11/h4-5H,11H2,1-3H3. The van der Waals surface area contributed by atoms with Crippen molar-refractivity contribution in [2.75, 3.05) is 5.73 Å². The number of aryl methyl sites for hydroxylation is 3. The van der Waals surface area contributed by atoms with E-state index in [9.17, 15) is 0 Å². The maximum Gasteiger partial charge on any atom is 0.160 e. The highest BCUT2D eigenvalue weighted by Gasteiger charge is 2.07. The van der Waals surface area contributed by atoms with Gasteiger partial charge in [0.15, 0.2) is 5.65 Å². The van der Waals surface area contributed by atoms with Crippen molar-refractivity contribution in [1.29, 1.82) is 0 Å². The molecule has 0 saturated heterocycles. The molecule has 0 saturated carbocycles. The van der Waals surface area contributed by atoms with Gasteiger partial charge in [-0.15, -0.1) is 0 Å². The topological polar surface area (TPSA) is 43.3 Å². The number of nitrogens with zero attached hydrogens (tertiary/aromatic N) is 2. The summed E-state index contributed by atoms with van der Waals surface area (Å²) < 4.78 is 2.03. The van der Waals surface area contributed by atoms with Gasteiger partial charge in [0.25, 0.3) is 0 Å². The normalized spacial score (nSPS) is 11.0. The van der Waals surface area contributed by atoms with E-state index in [0.717, 1.165) is 28.3 Å². The first-order valence-corrected chi connectivity index (χ1v) is 4.31. The number of nitrogen functional groups attached to an aromatic ring is 1. The van der Waals surface area contributed by atoms with Gasteiger partial charge in [-0.25, -0.2) is 4.98 Å². The van der Waals surface area contributed by atoms with E-state index in [1.807, 2.05) is 37.4 Å². The lowest BCUT2D eigenvalue weighted by Gasteiger charge is -2.02. The van der Waals surface area contributed by atoms with E-state index in [4.69, 9.17) is 5.73 Å². The second-order valence-corrected chi connectivity index (χ2v) is 3.39. The summed E-state index contributed by atoms with van der Waals surface area (Å²) in [5.74, 6) is 0. The van der Waals surface area contributed by atoms with Crippen LogP contribution in [-0.2, 0) is 0 Å². The van der Waals surface area contributed by atoms with E-state index >= 15 is 0 Å². The van der Waals surface area contributed by atoms with Crippen LogP contribution in [0.1, 0.15) is 17.0 Å². The summed E-state index contributed by atoms with van der Waals surface area (Å²) in [5, 5.41) is 0. The molecule has 0 spiro atoms. The minimum Gasteiger partial charge on any atom is -0.395 e. The van der Waals surface area contributed by atoms with Crippen molar-refractivity contribution in [1.82, 2.24) is 9.38 Å². The maximum atomic E-state index is 5.92. The highest BCUT2D eigenvalue weighted by Crippen LogP contribution is 2.19. The predicted molar refractivity (Wildman–Crippen MR) is 53.8 cm³/mol. The van der Waals surface area contributed by atoms with Crippen molar-refractivity contribution in [2.24, 2.45) is 0 Å². The van der Waals surface area contributed by atoms with Crippen LogP contribution in [-0.4, -0.2) is 9.38 Å². The molecule has 0 aliphatic rings. The Bertz CT molecular complexity index is 468. The number of anilines is 1. The van der Waals surface area contributed by atoms with Gasteiger partial charge in [-0.3, -0.25) is 0 Å². The largest absolute Gasteiger partial charge is 0.395 e. The molecule has 0 aliphatic carbocycles. The van der Waals surface area contributed by atoms with Gasteiger partial charge in [0.2, 0.25) is 0 Å². The van der Waals surface area contributed by atoms with E-state index in [1.165, 1.54) is 0 Å². The molecule has 2 heterocycles. The molecular formula is C10H13N3. The fourth-order valence-corrected chi connectivity index (χ4v) is 1.45. The third kappa shape index (κ3) is 1.00. The monoisotopic (exact) mass is 175 g/mol. The molecule has 0 aromatic carbocycles. The van der Waals surface area contributed by atoms with Crippen LogP contribution in [0.2, 0.25) is 0 Å². The highest BCUT2D eigenvalue weighted by molar-refractivity contribution is 5.69. The van der Waals surface area contributed by atoms with Gasteiger partial charge in [0.1, 0.15) is 0 Å². The molecule has 0 fully saturated rings. The number of imidazole rings is 1. The highest BCUT2D eigenvalue weighted by atomic mass is 15.0. The number of fused-ring (bicyclic) bond motifs is 1. The summed E-state index contributed by atoms with van der Waals surface area (Å²) in [6.45, 7) is 6.04. The lowest BCUT2D eigenvalue weighted by molar-refractivity contribution is 1.09. The molecule has 2 N–H and O–H groups in total. The van der Waals surface area contributed by atoms with Crippen LogP contribution in [0, 0.1) is 20.8 Å². The van der Waals surface area contributed by atoms with Crippen LogP contribution >= 0.6 is 0 Å². The minimum atomic E-state index is 0.777. The first kappa shape index (κ1) is 8.10. The van der Waals surface area contributed by atoms with E-state index in [0.29, 0.717) is 0 Å². The van der Waals surface area contributed by atoms with Crippen LogP contribution in [0.5, 0.6) is 0 Å². The zero-order valence-corrected chi connectivity index (χ0v) is 8.13. The summed E-state index contributed by atoms with van der Waals surface area (Å²) in [6, 6.07) is 2.01. The molecule has 68 valence electrons. The van der Waals surface area contributed by atoms with E-state index in [2.05, 4.69) is 4.98 Å². The minimum absolute atomic E-state index is 0.777. The fraction of sp³-hybridized carbons (Fsp3) is 0.300. The predicted octanol–water partition coefficient (Wildman–Crippen LogP) is 1.84. The summed E-state index contributed by atoms with van der Waals surface area (Å²) in [5.41, 5.74) is 10.8. The Balaban J connectivity index is 2.94. The molecule has 0 unspecified atom stereocenters. The Morgan fingerprint density at radius 3 is 2.69 bits per heavy atom. The van der Waals surface area contributed by atoms with Crippen molar-refractivity contribution >= 4 is 11.3 Å². The van der Waals surface area contributed by atoms with Crippen LogP contribution in [0.25, 0.3) is 5.65 Å². The van der Waals surface area contributed by atoms with Crippen LogP contribution in [0.15, 0.2) is 12.3 Å². The van der Waals surface area contributed by atoms with Crippen molar-refractivity contribution in [3.8, 4) is 0 Å². The first-order chi connectivity index (χ1) is 6.11. The third-order valence-electron chi connectivity index (χ3n) is 2.53. The van der Waals surface area contributed by atoms with Crippen molar-refractivity contribution in [3.63, 3.8) is 0 Å².